The lowest BCUT2D eigenvalue weighted by molar-refractivity contribution is 0.0595. The summed E-state index contributed by atoms with van der Waals surface area (Å²) in [5, 5.41) is 0. The van der Waals surface area contributed by atoms with E-state index < -0.39 is 5.97 Å². The Balaban J connectivity index is 2.05. The van der Waals surface area contributed by atoms with Crippen LogP contribution in [0, 0.1) is 23.7 Å². The van der Waals surface area contributed by atoms with Crippen LogP contribution in [0.2, 0.25) is 0 Å². The number of carbonyl (C=O) groups is 2. The van der Waals surface area contributed by atoms with Crippen LogP contribution >= 0.6 is 0 Å². The largest absolute Gasteiger partial charge is 0.465 e. The van der Waals surface area contributed by atoms with Gasteiger partial charge in [0.05, 0.1) is 12.7 Å². The van der Waals surface area contributed by atoms with Crippen molar-refractivity contribution in [2.75, 3.05) is 7.11 Å². The lowest BCUT2D eigenvalue weighted by Crippen LogP contribution is -2.24. The van der Waals surface area contributed by atoms with E-state index in [-0.39, 0.29) is 11.7 Å². The second-order valence-corrected chi connectivity index (χ2v) is 7.74. The van der Waals surface area contributed by atoms with E-state index in [0.29, 0.717) is 11.1 Å². The molecule has 25 heavy (non-hydrogen) atoms. The zero-order valence-electron chi connectivity index (χ0n) is 16.1. The molecule has 1 aliphatic rings. The molecule has 3 nitrogen and oxygen atoms in total. The summed E-state index contributed by atoms with van der Waals surface area (Å²) in [4.78, 5) is 25.0. The Morgan fingerprint density at radius 1 is 1.16 bits per heavy atom. The molecule has 0 bridgehead atoms. The predicted molar refractivity (Wildman–Crippen MR) is 101 cm³/mol. The molecule has 2 rings (SSSR count). The van der Waals surface area contributed by atoms with E-state index in [2.05, 4.69) is 20.8 Å². The summed E-state index contributed by atoms with van der Waals surface area (Å²) in [6.07, 6.45) is 6.73. The van der Waals surface area contributed by atoms with Crippen molar-refractivity contribution in [1.29, 1.82) is 0 Å². The fourth-order valence-electron chi connectivity index (χ4n) is 4.30. The van der Waals surface area contributed by atoms with Crippen LogP contribution in [0.3, 0.4) is 0 Å². The second-order valence-electron chi connectivity index (χ2n) is 7.74. The van der Waals surface area contributed by atoms with Crippen molar-refractivity contribution in [2.24, 2.45) is 23.7 Å². The average Bonchev–Trinajstić information content (AvgIpc) is 2.62. The van der Waals surface area contributed by atoms with E-state index >= 15 is 0 Å². The van der Waals surface area contributed by atoms with Gasteiger partial charge >= 0.3 is 5.97 Å². The molecule has 4 unspecified atom stereocenters. The van der Waals surface area contributed by atoms with E-state index in [0.717, 1.165) is 37.0 Å². The maximum absolute atomic E-state index is 13.0. The SMILES string of the molecule is CCC(CCC1CCC(C)CC1C)C(=O)c1ccccc1C(=O)OC. The highest BCUT2D eigenvalue weighted by Crippen LogP contribution is 2.37. The Labute approximate surface area is 152 Å². The molecule has 0 N–H and O–H groups in total. The summed E-state index contributed by atoms with van der Waals surface area (Å²) in [6.45, 7) is 6.76. The van der Waals surface area contributed by atoms with Crippen LogP contribution < -0.4 is 0 Å². The highest BCUT2D eigenvalue weighted by molar-refractivity contribution is 6.07. The molecule has 1 fully saturated rings. The van der Waals surface area contributed by atoms with Gasteiger partial charge in [0.25, 0.3) is 0 Å². The minimum absolute atomic E-state index is 0.0163. The van der Waals surface area contributed by atoms with Crippen molar-refractivity contribution in [3.05, 3.63) is 35.4 Å². The lowest BCUT2D eigenvalue weighted by atomic mass is 9.72. The number of esters is 1. The topological polar surface area (TPSA) is 43.4 Å². The van der Waals surface area contributed by atoms with Gasteiger partial charge in [0.1, 0.15) is 0 Å². The number of ether oxygens (including phenoxy) is 1. The molecule has 1 saturated carbocycles. The number of hydrogen-bond acceptors (Lipinski definition) is 3. The first-order chi connectivity index (χ1) is 12.0. The molecule has 0 aliphatic heterocycles. The van der Waals surface area contributed by atoms with Crippen molar-refractivity contribution in [2.45, 2.75) is 59.3 Å². The highest BCUT2D eigenvalue weighted by Gasteiger charge is 2.28. The zero-order chi connectivity index (χ0) is 18.4. The van der Waals surface area contributed by atoms with E-state index in [4.69, 9.17) is 4.74 Å². The van der Waals surface area contributed by atoms with Crippen molar-refractivity contribution in [3.8, 4) is 0 Å². The van der Waals surface area contributed by atoms with Gasteiger partial charge in [-0.05, 0) is 55.9 Å². The molecule has 3 heteroatoms. The average molecular weight is 344 g/mol. The number of benzene rings is 1. The first-order valence-electron chi connectivity index (χ1n) is 9.69. The first kappa shape index (κ1) is 19.7. The molecular weight excluding hydrogens is 312 g/mol. The van der Waals surface area contributed by atoms with Crippen LogP contribution in [0.15, 0.2) is 24.3 Å². The van der Waals surface area contributed by atoms with Crippen molar-refractivity contribution < 1.29 is 14.3 Å². The Hall–Kier alpha value is -1.64. The van der Waals surface area contributed by atoms with Crippen LogP contribution in [0.25, 0.3) is 0 Å². The Morgan fingerprint density at radius 3 is 2.44 bits per heavy atom. The summed E-state index contributed by atoms with van der Waals surface area (Å²) in [5.41, 5.74) is 0.889. The monoisotopic (exact) mass is 344 g/mol. The minimum Gasteiger partial charge on any atom is -0.465 e. The van der Waals surface area contributed by atoms with Gasteiger partial charge in [-0.15, -0.1) is 0 Å². The third-order valence-electron chi connectivity index (χ3n) is 5.96. The van der Waals surface area contributed by atoms with Gasteiger partial charge in [-0.25, -0.2) is 4.79 Å². The maximum Gasteiger partial charge on any atom is 0.338 e. The van der Waals surface area contributed by atoms with Gasteiger partial charge in [-0.1, -0.05) is 45.4 Å². The molecule has 4 atom stereocenters. The van der Waals surface area contributed by atoms with E-state index in [1.165, 1.54) is 26.4 Å². The molecule has 1 aromatic rings. The highest BCUT2D eigenvalue weighted by atomic mass is 16.5. The third-order valence-corrected chi connectivity index (χ3v) is 5.96. The fourth-order valence-corrected chi connectivity index (χ4v) is 4.30. The maximum atomic E-state index is 13.0. The Morgan fingerprint density at radius 2 is 1.84 bits per heavy atom. The molecule has 0 saturated heterocycles. The standard InChI is InChI=1S/C22H32O3/c1-5-17(12-13-18-11-10-15(2)14-16(18)3)21(23)19-8-6-7-9-20(19)22(24)25-4/h6-9,15-18H,5,10-14H2,1-4H3. The van der Waals surface area contributed by atoms with Gasteiger partial charge in [0.2, 0.25) is 0 Å². The summed E-state index contributed by atoms with van der Waals surface area (Å²) < 4.78 is 4.83. The molecule has 1 aliphatic carbocycles. The third kappa shape index (κ3) is 4.93. The number of Topliss-reactive ketones (excluding diaryl/α,β-unsaturated/α-hetero) is 1. The van der Waals surface area contributed by atoms with Gasteiger partial charge in [0, 0.05) is 11.5 Å². The zero-order valence-corrected chi connectivity index (χ0v) is 16.1. The number of hydrogen-bond donors (Lipinski definition) is 0. The lowest BCUT2D eigenvalue weighted by Gasteiger charge is -2.33. The van der Waals surface area contributed by atoms with Crippen molar-refractivity contribution in [1.82, 2.24) is 0 Å². The van der Waals surface area contributed by atoms with Crippen LogP contribution in [0.5, 0.6) is 0 Å². The molecule has 0 spiro atoms. The molecule has 0 amide bonds. The smallest absolute Gasteiger partial charge is 0.338 e. The molecule has 0 heterocycles. The van der Waals surface area contributed by atoms with Crippen molar-refractivity contribution in [3.63, 3.8) is 0 Å². The number of ketones is 1. The summed E-state index contributed by atoms with van der Waals surface area (Å²) >= 11 is 0. The van der Waals surface area contributed by atoms with Crippen LogP contribution in [-0.2, 0) is 4.74 Å². The number of rotatable bonds is 7. The fraction of sp³-hybridized carbons (Fsp3) is 0.636. The predicted octanol–water partition coefficient (Wildman–Crippen LogP) is 5.53. The normalized spacial score (nSPS) is 24.6. The second kappa shape index (κ2) is 9.17. The van der Waals surface area contributed by atoms with Crippen molar-refractivity contribution >= 4 is 11.8 Å². The number of carbonyl (C=O) groups excluding carboxylic acids is 2. The van der Waals surface area contributed by atoms with Gasteiger partial charge < -0.3 is 4.74 Å². The van der Waals surface area contributed by atoms with Crippen LogP contribution in [-0.4, -0.2) is 18.9 Å². The Kier molecular flexibility index (Phi) is 7.22. The summed E-state index contributed by atoms with van der Waals surface area (Å²) in [5.74, 6) is 1.95. The van der Waals surface area contributed by atoms with E-state index in [1.807, 2.05) is 6.07 Å². The van der Waals surface area contributed by atoms with Gasteiger partial charge in [0.15, 0.2) is 5.78 Å². The van der Waals surface area contributed by atoms with Gasteiger partial charge in [-0.3, -0.25) is 4.79 Å². The quantitative estimate of drug-likeness (QED) is 0.482. The van der Waals surface area contributed by atoms with E-state index in [1.54, 1.807) is 18.2 Å². The molecule has 1 aromatic carbocycles. The molecule has 138 valence electrons. The number of methoxy groups -OCH3 is 1. The first-order valence-corrected chi connectivity index (χ1v) is 9.69. The van der Waals surface area contributed by atoms with Gasteiger partial charge in [-0.2, -0.15) is 0 Å². The van der Waals surface area contributed by atoms with E-state index in [9.17, 15) is 9.59 Å². The van der Waals surface area contributed by atoms with Crippen LogP contribution in [0.4, 0.5) is 0 Å². The molecule has 0 radical (unpaired) electrons. The Bertz CT molecular complexity index is 593. The molecule has 0 aromatic heterocycles. The van der Waals surface area contributed by atoms with Crippen LogP contribution in [0.1, 0.15) is 80.0 Å². The minimum atomic E-state index is -0.436. The molecular formula is C22H32O3. The summed E-state index contributed by atoms with van der Waals surface area (Å²) in [7, 11) is 1.35. The summed E-state index contributed by atoms with van der Waals surface area (Å²) in [6, 6.07) is 7.02.